The van der Waals surface area contributed by atoms with Crippen LogP contribution in [-0.2, 0) is 16.1 Å². The molecule has 0 aliphatic carbocycles. The van der Waals surface area contributed by atoms with Gasteiger partial charge in [0, 0.05) is 17.2 Å². The van der Waals surface area contributed by atoms with Crippen LogP contribution in [0.4, 0.5) is 5.69 Å². The molecule has 11 heteroatoms. The monoisotopic (exact) mass is 624 g/mol. The lowest BCUT2D eigenvalue weighted by molar-refractivity contribution is -0.384. The number of nitro benzene ring substituents is 1. The Bertz CT molecular complexity index is 1350. The number of aliphatic imine (C=N–C) groups is 1. The normalized spacial score (nSPS) is 14.2. The van der Waals surface area contributed by atoms with E-state index < -0.39 is 10.9 Å². The summed E-state index contributed by atoms with van der Waals surface area (Å²) in [6.07, 6.45) is 1.55. The number of carbonyl (C=O) groups excluding carboxylic acids is 1. The number of carbonyl (C=O) groups is 1. The van der Waals surface area contributed by atoms with E-state index >= 15 is 0 Å². The van der Waals surface area contributed by atoms with E-state index in [1.807, 2.05) is 12.1 Å². The summed E-state index contributed by atoms with van der Waals surface area (Å²) in [5.41, 5.74) is 1.76. The number of ether oxygens (including phenoxy) is 2. The Morgan fingerprint density at radius 1 is 1.06 bits per heavy atom. The van der Waals surface area contributed by atoms with Crippen molar-refractivity contribution in [2.45, 2.75) is 6.61 Å². The first-order chi connectivity index (χ1) is 16.2. The van der Waals surface area contributed by atoms with Gasteiger partial charge in [0.1, 0.15) is 12.4 Å². The van der Waals surface area contributed by atoms with Gasteiger partial charge in [-0.15, -0.1) is 0 Å². The van der Waals surface area contributed by atoms with E-state index in [1.165, 1.54) is 18.2 Å². The van der Waals surface area contributed by atoms with E-state index in [9.17, 15) is 14.9 Å². The van der Waals surface area contributed by atoms with Crippen LogP contribution in [0.3, 0.4) is 0 Å². The summed E-state index contributed by atoms with van der Waals surface area (Å²) in [7, 11) is 0. The van der Waals surface area contributed by atoms with Crippen LogP contribution in [0.5, 0.6) is 5.75 Å². The van der Waals surface area contributed by atoms with Gasteiger partial charge in [0.2, 0.25) is 5.90 Å². The third-order valence-corrected chi connectivity index (χ3v) is 6.38. The Morgan fingerprint density at radius 3 is 2.35 bits per heavy atom. The summed E-state index contributed by atoms with van der Waals surface area (Å²) in [6.45, 7) is 0.338. The van der Waals surface area contributed by atoms with Gasteiger partial charge in [-0.1, -0.05) is 35.3 Å². The van der Waals surface area contributed by atoms with E-state index in [2.05, 4.69) is 36.9 Å². The van der Waals surface area contributed by atoms with Crippen molar-refractivity contribution < 1.29 is 19.2 Å². The molecule has 0 atom stereocenters. The smallest absolute Gasteiger partial charge is 0.363 e. The minimum Gasteiger partial charge on any atom is -0.487 e. The molecule has 4 rings (SSSR count). The molecule has 0 bridgehead atoms. The number of rotatable bonds is 6. The Morgan fingerprint density at radius 2 is 1.74 bits per heavy atom. The van der Waals surface area contributed by atoms with Crippen molar-refractivity contribution in [1.29, 1.82) is 0 Å². The first-order valence-electron chi connectivity index (χ1n) is 9.54. The van der Waals surface area contributed by atoms with E-state index in [4.69, 9.17) is 32.7 Å². The van der Waals surface area contributed by atoms with Crippen LogP contribution < -0.4 is 4.74 Å². The number of halogens is 4. The topological polar surface area (TPSA) is 91.0 Å². The highest BCUT2D eigenvalue weighted by Crippen LogP contribution is 2.36. The molecule has 1 aliphatic heterocycles. The summed E-state index contributed by atoms with van der Waals surface area (Å²) < 4.78 is 12.5. The molecule has 1 aliphatic rings. The molecule has 3 aromatic carbocycles. The molecule has 0 saturated carbocycles. The molecule has 0 spiro atoms. The SMILES string of the molecule is O=C1OC(c2ccc([N+](=O)[O-])cc2Cl)=N/C1=C\c1cc(Br)c(OCc2ccc(Cl)cc2)c(Br)c1. The number of non-ortho nitro benzene ring substituents is 1. The molecular formula is C23H12Br2Cl2N2O5. The Balaban J connectivity index is 1.56. The predicted molar refractivity (Wildman–Crippen MR) is 136 cm³/mol. The third-order valence-electron chi connectivity index (χ3n) is 4.63. The van der Waals surface area contributed by atoms with Crippen molar-refractivity contribution >= 4 is 78.7 Å². The van der Waals surface area contributed by atoms with Gasteiger partial charge in [0.25, 0.3) is 5.69 Å². The maximum absolute atomic E-state index is 12.4. The molecule has 7 nitrogen and oxygen atoms in total. The molecule has 0 unspecified atom stereocenters. The molecule has 0 amide bonds. The zero-order valence-electron chi connectivity index (χ0n) is 16.9. The van der Waals surface area contributed by atoms with E-state index in [1.54, 1.807) is 30.3 Å². The second kappa shape index (κ2) is 10.3. The van der Waals surface area contributed by atoms with Crippen molar-refractivity contribution in [3.63, 3.8) is 0 Å². The van der Waals surface area contributed by atoms with Gasteiger partial charge in [-0.05, 0) is 79.4 Å². The fraction of sp³-hybridized carbons (Fsp3) is 0.0435. The molecule has 0 aromatic heterocycles. The van der Waals surface area contributed by atoms with Gasteiger partial charge < -0.3 is 9.47 Å². The zero-order chi connectivity index (χ0) is 24.4. The lowest BCUT2D eigenvalue weighted by atomic mass is 10.2. The van der Waals surface area contributed by atoms with Crippen molar-refractivity contribution in [3.05, 3.63) is 106 Å². The molecule has 0 fully saturated rings. The van der Waals surface area contributed by atoms with Crippen LogP contribution >= 0.6 is 55.1 Å². The lowest BCUT2D eigenvalue weighted by Gasteiger charge is -2.11. The van der Waals surface area contributed by atoms with Gasteiger partial charge >= 0.3 is 5.97 Å². The van der Waals surface area contributed by atoms with E-state index in [0.29, 0.717) is 31.9 Å². The molecule has 172 valence electrons. The molecule has 0 radical (unpaired) electrons. The van der Waals surface area contributed by atoms with Crippen molar-refractivity contribution in [2.75, 3.05) is 0 Å². The standard InChI is InChI=1S/C23H12Br2Cl2N2O5/c24-17-7-13(8-18(25)21(17)33-11-12-1-3-14(26)4-2-12)9-20-23(30)34-22(28-20)16-6-5-15(29(31)32)10-19(16)27/h1-10H,11H2/b20-9-. The fourth-order valence-corrected chi connectivity index (χ4v) is 4.84. The molecule has 0 saturated heterocycles. The number of nitro groups is 1. The molecule has 34 heavy (non-hydrogen) atoms. The second-order valence-corrected chi connectivity index (χ2v) is 9.54. The van der Waals surface area contributed by atoms with Gasteiger partial charge in [0.05, 0.1) is 24.5 Å². The Labute approximate surface area is 220 Å². The van der Waals surface area contributed by atoms with Crippen LogP contribution in [0, 0.1) is 10.1 Å². The Kier molecular flexibility index (Phi) is 7.37. The van der Waals surface area contributed by atoms with Crippen LogP contribution in [-0.4, -0.2) is 16.8 Å². The maximum atomic E-state index is 12.4. The predicted octanol–water partition coefficient (Wildman–Crippen LogP) is 7.35. The number of nitrogens with zero attached hydrogens (tertiary/aromatic N) is 2. The maximum Gasteiger partial charge on any atom is 0.363 e. The quantitative estimate of drug-likeness (QED) is 0.123. The highest BCUT2D eigenvalue weighted by atomic mass is 79.9. The van der Waals surface area contributed by atoms with Gasteiger partial charge in [0.15, 0.2) is 5.70 Å². The molecule has 1 heterocycles. The molecular weight excluding hydrogens is 615 g/mol. The number of esters is 1. The largest absolute Gasteiger partial charge is 0.487 e. The number of cyclic esters (lactones) is 1. The van der Waals surface area contributed by atoms with Crippen molar-refractivity contribution in [1.82, 2.24) is 0 Å². The minimum absolute atomic E-state index is 0.0304. The third kappa shape index (κ3) is 5.50. The van der Waals surface area contributed by atoms with Crippen molar-refractivity contribution in [2.24, 2.45) is 4.99 Å². The van der Waals surface area contributed by atoms with Crippen LogP contribution in [0.2, 0.25) is 10.0 Å². The fourth-order valence-electron chi connectivity index (χ4n) is 3.01. The lowest BCUT2D eigenvalue weighted by Crippen LogP contribution is -2.06. The van der Waals surface area contributed by atoms with Gasteiger partial charge in [-0.25, -0.2) is 9.79 Å². The summed E-state index contributed by atoms with van der Waals surface area (Å²) in [6, 6.07) is 14.7. The summed E-state index contributed by atoms with van der Waals surface area (Å²) >= 11 is 19.0. The zero-order valence-corrected chi connectivity index (χ0v) is 21.6. The second-order valence-electron chi connectivity index (χ2n) is 6.99. The van der Waals surface area contributed by atoms with E-state index in [0.717, 1.165) is 5.56 Å². The van der Waals surface area contributed by atoms with Crippen LogP contribution in [0.25, 0.3) is 6.08 Å². The Hall–Kier alpha value is -2.72. The number of hydrogen-bond donors (Lipinski definition) is 0. The van der Waals surface area contributed by atoms with Gasteiger partial charge in [-0.2, -0.15) is 0 Å². The first kappa shape index (κ1) is 24.4. The van der Waals surface area contributed by atoms with Gasteiger partial charge in [-0.3, -0.25) is 10.1 Å². The number of hydrogen-bond acceptors (Lipinski definition) is 6. The summed E-state index contributed by atoms with van der Waals surface area (Å²) in [5.74, 6) is -0.107. The number of benzene rings is 3. The molecule has 0 N–H and O–H groups in total. The highest BCUT2D eigenvalue weighted by molar-refractivity contribution is 9.11. The summed E-state index contributed by atoms with van der Waals surface area (Å²) in [5, 5.41) is 11.6. The molecule has 3 aromatic rings. The first-order valence-corrected chi connectivity index (χ1v) is 11.9. The van der Waals surface area contributed by atoms with Crippen LogP contribution in [0.15, 0.2) is 74.2 Å². The van der Waals surface area contributed by atoms with Crippen molar-refractivity contribution in [3.8, 4) is 5.75 Å². The average molecular weight is 627 g/mol. The van der Waals surface area contributed by atoms with Crippen LogP contribution in [0.1, 0.15) is 16.7 Å². The minimum atomic E-state index is -0.667. The summed E-state index contributed by atoms with van der Waals surface area (Å²) in [4.78, 5) is 26.9. The average Bonchev–Trinajstić information content (AvgIpc) is 3.14. The van der Waals surface area contributed by atoms with E-state index in [-0.39, 0.29) is 27.9 Å². The highest BCUT2D eigenvalue weighted by Gasteiger charge is 2.26.